The van der Waals surface area contributed by atoms with E-state index in [0.29, 0.717) is 46.3 Å². The summed E-state index contributed by atoms with van der Waals surface area (Å²) >= 11 is 6.39. The average molecular weight is 366 g/mol. The maximum Gasteiger partial charge on any atom is 0.258 e. The first-order chi connectivity index (χ1) is 11.9. The zero-order valence-corrected chi connectivity index (χ0v) is 15.6. The van der Waals surface area contributed by atoms with Crippen molar-refractivity contribution in [2.24, 2.45) is 11.7 Å². The number of methoxy groups -OCH3 is 1. The fourth-order valence-corrected chi connectivity index (χ4v) is 3.27. The third-order valence-electron chi connectivity index (χ3n) is 4.40. The molecule has 1 saturated carbocycles. The van der Waals surface area contributed by atoms with Crippen molar-refractivity contribution in [1.29, 1.82) is 0 Å². The van der Waals surface area contributed by atoms with E-state index in [-0.39, 0.29) is 0 Å². The lowest BCUT2D eigenvalue weighted by atomic mass is 9.99. The van der Waals surface area contributed by atoms with Crippen LogP contribution in [-0.4, -0.2) is 23.9 Å². The Hall–Kier alpha value is -1.79. The minimum atomic E-state index is -0.490. The number of hydrogen-bond donors (Lipinski definition) is 1. The summed E-state index contributed by atoms with van der Waals surface area (Å²) in [6.45, 7) is 4.69. The van der Waals surface area contributed by atoms with E-state index in [1.165, 1.54) is 0 Å². The smallest absolute Gasteiger partial charge is 0.258 e. The number of halogens is 1. The first kappa shape index (κ1) is 18.0. The predicted molar refractivity (Wildman–Crippen MR) is 96.0 cm³/mol. The number of nitrogens with two attached hydrogens (primary N) is 1. The minimum Gasteiger partial charge on any atom is -0.493 e. The Morgan fingerprint density at radius 1 is 1.32 bits per heavy atom. The number of aromatic nitrogens is 2. The molecule has 1 fully saturated rings. The van der Waals surface area contributed by atoms with Crippen LogP contribution in [-0.2, 0) is 5.54 Å². The highest BCUT2D eigenvalue weighted by Gasteiger charge is 2.36. The molecule has 0 saturated heterocycles. The average Bonchev–Trinajstić information content (AvgIpc) is 3.22. The van der Waals surface area contributed by atoms with Crippen molar-refractivity contribution in [2.75, 3.05) is 13.7 Å². The first-order valence-corrected chi connectivity index (χ1v) is 8.94. The van der Waals surface area contributed by atoms with Crippen LogP contribution in [0.5, 0.6) is 11.5 Å². The molecule has 1 aliphatic carbocycles. The molecule has 3 rings (SSSR count). The molecule has 0 amide bonds. The largest absolute Gasteiger partial charge is 0.493 e. The van der Waals surface area contributed by atoms with Gasteiger partial charge >= 0.3 is 0 Å². The normalized spacial score (nSPS) is 16.4. The van der Waals surface area contributed by atoms with Gasteiger partial charge in [0.2, 0.25) is 0 Å². The van der Waals surface area contributed by atoms with E-state index >= 15 is 0 Å². The van der Waals surface area contributed by atoms with E-state index in [2.05, 4.69) is 24.0 Å². The van der Waals surface area contributed by atoms with Crippen LogP contribution in [0.1, 0.15) is 45.4 Å². The van der Waals surface area contributed by atoms with Crippen molar-refractivity contribution in [2.45, 2.75) is 45.1 Å². The summed E-state index contributed by atoms with van der Waals surface area (Å²) < 4.78 is 16.6. The van der Waals surface area contributed by atoms with E-state index in [9.17, 15) is 0 Å². The standard InChI is InChI=1S/C18H24ClN3O3/c1-11(2)10-24-15-13(19)8-12(9-14(15)23-3)16-21-17(22-25-16)18(20)6-4-5-7-18/h8-9,11H,4-7,10,20H2,1-3H3. The zero-order valence-electron chi connectivity index (χ0n) is 14.8. The van der Waals surface area contributed by atoms with Gasteiger partial charge in [0.1, 0.15) is 0 Å². The summed E-state index contributed by atoms with van der Waals surface area (Å²) in [5.74, 6) is 2.36. The minimum absolute atomic E-state index is 0.377. The van der Waals surface area contributed by atoms with Crippen LogP contribution in [0.25, 0.3) is 11.5 Å². The molecule has 1 aromatic carbocycles. The summed E-state index contributed by atoms with van der Waals surface area (Å²) in [5, 5.41) is 4.53. The number of hydrogen-bond acceptors (Lipinski definition) is 6. The molecule has 0 atom stereocenters. The Kier molecular flexibility index (Phi) is 5.20. The molecule has 0 aliphatic heterocycles. The number of rotatable bonds is 6. The van der Waals surface area contributed by atoms with Crippen molar-refractivity contribution in [3.8, 4) is 23.0 Å². The van der Waals surface area contributed by atoms with Crippen LogP contribution < -0.4 is 15.2 Å². The van der Waals surface area contributed by atoms with E-state index in [4.69, 9.17) is 31.3 Å². The van der Waals surface area contributed by atoms with Gasteiger partial charge in [0.15, 0.2) is 17.3 Å². The van der Waals surface area contributed by atoms with Gasteiger partial charge in [0.25, 0.3) is 5.89 Å². The highest BCUT2D eigenvalue weighted by atomic mass is 35.5. The van der Waals surface area contributed by atoms with E-state index < -0.39 is 5.54 Å². The summed E-state index contributed by atoms with van der Waals surface area (Å²) in [6, 6.07) is 3.53. The van der Waals surface area contributed by atoms with Crippen molar-refractivity contribution in [1.82, 2.24) is 10.1 Å². The molecule has 2 N–H and O–H groups in total. The highest BCUT2D eigenvalue weighted by molar-refractivity contribution is 6.32. The lowest BCUT2D eigenvalue weighted by Crippen LogP contribution is -2.34. The zero-order chi connectivity index (χ0) is 18.0. The Labute approximate surface area is 152 Å². The second-order valence-electron chi connectivity index (χ2n) is 6.98. The summed E-state index contributed by atoms with van der Waals surface area (Å²) in [6.07, 6.45) is 3.92. The van der Waals surface area contributed by atoms with Crippen LogP contribution in [0.2, 0.25) is 5.02 Å². The van der Waals surface area contributed by atoms with Crippen LogP contribution >= 0.6 is 11.6 Å². The Balaban J connectivity index is 1.90. The fourth-order valence-electron chi connectivity index (χ4n) is 3.01. The number of benzene rings is 1. The molecule has 25 heavy (non-hydrogen) atoms. The van der Waals surface area contributed by atoms with Crippen LogP contribution in [0.3, 0.4) is 0 Å². The lowest BCUT2D eigenvalue weighted by molar-refractivity contribution is 0.257. The van der Waals surface area contributed by atoms with Gasteiger partial charge in [-0.2, -0.15) is 4.98 Å². The topological polar surface area (TPSA) is 83.4 Å². The molecule has 136 valence electrons. The van der Waals surface area contributed by atoms with E-state index in [1.54, 1.807) is 19.2 Å². The van der Waals surface area contributed by atoms with Crippen LogP contribution in [0, 0.1) is 5.92 Å². The molecule has 1 aliphatic rings. The van der Waals surface area contributed by atoms with Crippen LogP contribution in [0.4, 0.5) is 0 Å². The molecule has 0 bridgehead atoms. The van der Waals surface area contributed by atoms with Gasteiger partial charge in [-0.15, -0.1) is 0 Å². The summed E-state index contributed by atoms with van der Waals surface area (Å²) in [7, 11) is 1.57. The van der Waals surface area contributed by atoms with Crippen molar-refractivity contribution >= 4 is 11.6 Å². The molecule has 6 nitrogen and oxygen atoms in total. The van der Waals surface area contributed by atoms with Gasteiger partial charge in [-0.05, 0) is 30.9 Å². The van der Waals surface area contributed by atoms with E-state index in [1.807, 2.05) is 0 Å². The van der Waals surface area contributed by atoms with Gasteiger partial charge in [0, 0.05) is 5.56 Å². The number of ether oxygens (including phenoxy) is 2. The summed E-state index contributed by atoms with van der Waals surface area (Å²) in [5.41, 5.74) is 6.58. The third kappa shape index (κ3) is 3.75. The predicted octanol–water partition coefficient (Wildman–Crippen LogP) is 4.16. The van der Waals surface area contributed by atoms with Crippen molar-refractivity contribution < 1.29 is 14.0 Å². The molecule has 2 aromatic rings. The quantitative estimate of drug-likeness (QED) is 0.827. The van der Waals surface area contributed by atoms with E-state index in [0.717, 1.165) is 25.7 Å². The number of nitrogens with zero attached hydrogens (tertiary/aromatic N) is 2. The second kappa shape index (κ2) is 7.22. The molecule has 0 spiro atoms. The van der Waals surface area contributed by atoms with Crippen molar-refractivity contribution in [3.63, 3.8) is 0 Å². The Morgan fingerprint density at radius 2 is 2.04 bits per heavy atom. The monoisotopic (exact) mass is 365 g/mol. The highest BCUT2D eigenvalue weighted by Crippen LogP contribution is 2.40. The summed E-state index contributed by atoms with van der Waals surface area (Å²) in [4.78, 5) is 4.50. The molecular formula is C18H24ClN3O3. The molecular weight excluding hydrogens is 342 g/mol. The maximum absolute atomic E-state index is 6.39. The molecule has 0 radical (unpaired) electrons. The van der Waals surface area contributed by atoms with Gasteiger partial charge < -0.3 is 19.7 Å². The molecule has 1 aromatic heterocycles. The van der Waals surface area contributed by atoms with Gasteiger partial charge in [-0.25, -0.2) is 0 Å². The second-order valence-corrected chi connectivity index (χ2v) is 7.39. The van der Waals surface area contributed by atoms with Crippen LogP contribution in [0.15, 0.2) is 16.7 Å². The maximum atomic E-state index is 6.39. The van der Waals surface area contributed by atoms with Gasteiger partial charge in [-0.3, -0.25) is 0 Å². The van der Waals surface area contributed by atoms with Gasteiger partial charge in [-0.1, -0.05) is 43.4 Å². The first-order valence-electron chi connectivity index (χ1n) is 8.57. The lowest BCUT2D eigenvalue weighted by Gasteiger charge is -2.17. The Bertz CT molecular complexity index is 739. The SMILES string of the molecule is COc1cc(-c2nc(C3(N)CCCC3)no2)cc(Cl)c1OCC(C)C. The van der Waals surface area contributed by atoms with Gasteiger partial charge in [0.05, 0.1) is 24.3 Å². The van der Waals surface area contributed by atoms with Crippen molar-refractivity contribution in [3.05, 3.63) is 23.0 Å². The molecule has 0 unspecified atom stereocenters. The molecule has 1 heterocycles. The Morgan fingerprint density at radius 3 is 2.68 bits per heavy atom. The fraction of sp³-hybridized carbons (Fsp3) is 0.556. The molecule has 7 heteroatoms. The third-order valence-corrected chi connectivity index (χ3v) is 4.69.